The summed E-state index contributed by atoms with van der Waals surface area (Å²) in [6.45, 7) is 2.85. The highest BCUT2D eigenvalue weighted by atomic mass is 79.9. The first-order valence-electron chi connectivity index (χ1n) is 5.16. The second-order valence-corrected chi connectivity index (χ2v) is 5.39. The van der Waals surface area contributed by atoms with E-state index >= 15 is 0 Å². The van der Waals surface area contributed by atoms with Gasteiger partial charge in [-0.2, -0.15) is 16.6 Å². The molecular weight excluding hydrogens is 296 g/mol. The number of aryl methyl sites for hydroxylation is 1. The third-order valence-corrected chi connectivity index (χ3v) is 3.94. The Hall–Kier alpha value is -1.31. The van der Waals surface area contributed by atoms with Gasteiger partial charge < -0.3 is 5.32 Å². The van der Waals surface area contributed by atoms with Crippen molar-refractivity contribution in [1.29, 1.82) is 5.26 Å². The van der Waals surface area contributed by atoms with Crippen LogP contribution in [0.25, 0.3) is 0 Å². The first-order chi connectivity index (χ1) is 8.20. The molecule has 2 rings (SSSR count). The van der Waals surface area contributed by atoms with E-state index in [9.17, 15) is 0 Å². The fourth-order valence-corrected chi connectivity index (χ4v) is 2.74. The Kier molecular flexibility index (Phi) is 3.82. The van der Waals surface area contributed by atoms with Gasteiger partial charge in [0.25, 0.3) is 0 Å². The summed E-state index contributed by atoms with van der Waals surface area (Å²) in [4.78, 5) is 0. The minimum Gasteiger partial charge on any atom is -0.380 e. The number of hydrogen-bond donors (Lipinski definition) is 1. The third-order valence-electron chi connectivity index (χ3n) is 2.53. The standard InChI is InChI=1S/C13H11BrN2S/c1-9-7-17-8-11(9)6-16-13-4-12(14)3-2-10(13)5-15/h2-4,7-8,16H,6H2,1H3. The van der Waals surface area contributed by atoms with Gasteiger partial charge >= 0.3 is 0 Å². The van der Waals surface area contributed by atoms with Crippen LogP contribution in [0.2, 0.25) is 0 Å². The number of nitrogens with one attached hydrogen (secondary N) is 1. The number of hydrogen-bond acceptors (Lipinski definition) is 3. The number of nitriles is 1. The van der Waals surface area contributed by atoms with Crippen LogP contribution in [0.15, 0.2) is 33.4 Å². The second kappa shape index (κ2) is 5.35. The summed E-state index contributed by atoms with van der Waals surface area (Å²) in [5.74, 6) is 0. The van der Waals surface area contributed by atoms with E-state index in [2.05, 4.69) is 45.0 Å². The SMILES string of the molecule is Cc1cscc1CNc1cc(Br)ccc1C#N. The van der Waals surface area contributed by atoms with Crippen LogP contribution in [0.4, 0.5) is 5.69 Å². The largest absolute Gasteiger partial charge is 0.380 e. The van der Waals surface area contributed by atoms with Gasteiger partial charge in [0.05, 0.1) is 11.3 Å². The molecule has 0 radical (unpaired) electrons. The summed E-state index contributed by atoms with van der Waals surface area (Å²) in [7, 11) is 0. The molecule has 2 aromatic rings. The molecule has 0 aliphatic rings. The van der Waals surface area contributed by atoms with Crippen molar-refractivity contribution in [3.05, 3.63) is 50.1 Å². The third kappa shape index (κ3) is 2.87. The van der Waals surface area contributed by atoms with E-state index in [1.807, 2.05) is 18.2 Å². The van der Waals surface area contributed by atoms with Crippen LogP contribution in [-0.4, -0.2) is 0 Å². The molecule has 0 saturated heterocycles. The van der Waals surface area contributed by atoms with Gasteiger partial charge in [-0.15, -0.1) is 0 Å². The fraction of sp³-hybridized carbons (Fsp3) is 0.154. The lowest BCUT2D eigenvalue weighted by molar-refractivity contribution is 1.13. The normalized spacial score (nSPS) is 9.94. The quantitative estimate of drug-likeness (QED) is 0.917. The Morgan fingerprint density at radius 1 is 1.41 bits per heavy atom. The summed E-state index contributed by atoms with van der Waals surface area (Å²) in [5.41, 5.74) is 4.10. The Morgan fingerprint density at radius 3 is 2.88 bits per heavy atom. The molecule has 1 aromatic heterocycles. The molecule has 0 unspecified atom stereocenters. The molecule has 0 bridgehead atoms. The molecule has 1 aromatic carbocycles. The predicted octanol–water partition coefficient (Wildman–Crippen LogP) is 4.30. The van der Waals surface area contributed by atoms with Crippen LogP contribution < -0.4 is 5.32 Å². The van der Waals surface area contributed by atoms with Crippen LogP contribution in [0.5, 0.6) is 0 Å². The topological polar surface area (TPSA) is 35.8 Å². The van der Waals surface area contributed by atoms with E-state index in [0.717, 1.165) is 16.7 Å². The zero-order valence-corrected chi connectivity index (χ0v) is 11.7. The molecule has 0 spiro atoms. The lowest BCUT2D eigenvalue weighted by Crippen LogP contribution is -2.01. The Balaban J connectivity index is 2.17. The summed E-state index contributed by atoms with van der Waals surface area (Å²) < 4.78 is 0.973. The van der Waals surface area contributed by atoms with Gasteiger partial charge in [0.2, 0.25) is 0 Å². The number of halogens is 1. The molecule has 0 atom stereocenters. The van der Waals surface area contributed by atoms with E-state index in [-0.39, 0.29) is 0 Å². The molecule has 4 heteroatoms. The molecule has 0 amide bonds. The number of anilines is 1. The molecule has 0 aliphatic carbocycles. The summed E-state index contributed by atoms with van der Waals surface area (Å²) in [6.07, 6.45) is 0. The van der Waals surface area contributed by atoms with Gasteiger partial charge in [-0.3, -0.25) is 0 Å². The molecular formula is C13H11BrN2S. The van der Waals surface area contributed by atoms with Crippen LogP contribution >= 0.6 is 27.3 Å². The molecule has 86 valence electrons. The van der Waals surface area contributed by atoms with Crippen molar-refractivity contribution < 1.29 is 0 Å². The Labute approximate surface area is 113 Å². The second-order valence-electron chi connectivity index (χ2n) is 3.74. The van der Waals surface area contributed by atoms with Gasteiger partial charge in [0.15, 0.2) is 0 Å². The number of benzene rings is 1. The van der Waals surface area contributed by atoms with Crippen LogP contribution in [-0.2, 0) is 6.54 Å². The molecule has 2 nitrogen and oxygen atoms in total. The maximum absolute atomic E-state index is 9.02. The van der Waals surface area contributed by atoms with Gasteiger partial charge in [0, 0.05) is 11.0 Å². The lowest BCUT2D eigenvalue weighted by atomic mass is 10.1. The Bertz CT molecular complexity index is 569. The van der Waals surface area contributed by atoms with Crippen molar-refractivity contribution in [3.8, 4) is 6.07 Å². The molecule has 1 N–H and O–H groups in total. The monoisotopic (exact) mass is 306 g/mol. The van der Waals surface area contributed by atoms with Crippen molar-refractivity contribution in [2.45, 2.75) is 13.5 Å². The number of nitrogens with zero attached hydrogens (tertiary/aromatic N) is 1. The maximum Gasteiger partial charge on any atom is 0.101 e. The highest BCUT2D eigenvalue weighted by molar-refractivity contribution is 9.10. The molecule has 0 aliphatic heterocycles. The van der Waals surface area contributed by atoms with Crippen molar-refractivity contribution in [1.82, 2.24) is 0 Å². The lowest BCUT2D eigenvalue weighted by Gasteiger charge is -2.08. The predicted molar refractivity (Wildman–Crippen MR) is 75.2 cm³/mol. The first kappa shape index (κ1) is 12.2. The summed E-state index contributed by atoms with van der Waals surface area (Å²) >= 11 is 5.11. The van der Waals surface area contributed by atoms with Gasteiger partial charge in [-0.25, -0.2) is 0 Å². The van der Waals surface area contributed by atoms with Crippen molar-refractivity contribution in [2.75, 3.05) is 5.32 Å². The maximum atomic E-state index is 9.02. The average molecular weight is 307 g/mol. The van der Waals surface area contributed by atoms with Gasteiger partial charge in [-0.05, 0) is 47.0 Å². The highest BCUT2D eigenvalue weighted by Gasteiger charge is 2.04. The van der Waals surface area contributed by atoms with Crippen molar-refractivity contribution >= 4 is 33.0 Å². The van der Waals surface area contributed by atoms with Crippen molar-refractivity contribution in [2.24, 2.45) is 0 Å². The molecule has 1 heterocycles. The van der Waals surface area contributed by atoms with Crippen molar-refractivity contribution in [3.63, 3.8) is 0 Å². The van der Waals surface area contributed by atoms with E-state index < -0.39 is 0 Å². The minimum absolute atomic E-state index is 0.668. The number of thiophene rings is 1. The van der Waals surface area contributed by atoms with Gasteiger partial charge in [-0.1, -0.05) is 15.9 Å². The summed E-state index contributed by atoms with van der Waals surface area (Å²) in [6, 6.07) is 7.80. The van der Waals surface area contributed by atoms with E-state index in [1.54, 1.807) is 11.3 Å². The molecule has 17 heavy (non-hydrogen) atoms. The Morgan fingerprint density at radius 2 is 2.24 bits per heavy atom. The van der Waals surface area contributed by atoms with Crippen LogP contribution in [0.1, 0.15) is 16.7 Å². The fourth-order valence-electron chi connectivity index (χ4n) is 1.52. The average Bonchev–Trinajstić information content (AvgIpc) is 2.72. The minimum atomic E-state index is 0.668. The molecule has 0 fully saturated rings. The van der Waals surface area contributed by atoms with E-state index in [4.69, 9.17) is 5.26 Å². The number of rotatable bonds is 3. The van der Waals surface area contributed by atoms with E-state index in [1.165, 1.54) is 11.1 Å². The zero-order chi connectivity index (χ0) is 12.3. The zero-order valence-electron chi connectivity index (χ0n) is 9.33. The first-order valence-corrected chi connectivity index (χ1v) is 6.89. The van der Waals surface area contributed by atoms with Gasteiger partial charge in [0.1, 0.15) is 6.07 Å². The molecule has 0 saturated carbocycles. The van der Waals surface area contributed by atoms with Crippen LogP contribution in [0.3, 0.4) is 0 Å². The van der Waals surface area contributed by atoms with Crippen LogP contribution in [0, 0.1) is 18.3 Å². The highest BCUT2D eigenvalue weighted by Crippen LogP contribution is 2.22. The smallest absolute Gasteiger partial charge is 0.101 e. The summed E-state index contributed by atoms with van der Waals surface area (Å²) in [5, 5.41) is 16.6. The van der Waals surface area contributed by atoms with E-state index in [0.29, 0.717) is 5.56 Å².